The van der Waals surface area contributed by atoms with E-state index in [1.54, 1.807) is 0 Å². The van der Waals surface area contributed by atoms with Gasteiger partial charge in [0.15, 0.2) is 0 Å². The van der Waals surface area contributed by atoms with Crippen molar-refractivity contribution in [3.63, 3.8) is 0 Å². The van der Waals surface area contributed by atoms with Crippen LogP contribution in [0.2, 0.25) is 0 Å². The quantitative estimate of drug-likeness (QED) is 0.485. The van der Waals surface area contributed by atoms with Gasteiger partial charge in [-0.3, -0.25) is 0 Å². The Hall–Kier alpha value is -1.24. The van der Waals surface area contributed by atoms with Gasteiger partial charge in [0.05, 0.1) is 0 Å². The Morgan fingerprint density at radius 1 is 1.26 bits per heavy atom. The third-order valence-corrected chi connectivity index (χ3v) is 4.29. The lowest BCUT2D eigenvalue weighted by Gasteiger charge is -2.25. The molecule has 0 bridgehead atoms. The molecule has 1 aliphatic rings. The van der Waals surface area contributed by atoms with Crippen LogP contribution in [0.25, 0.3) is 0 Å². The van der Waals surface area contributed by atoms with Crippen LogP contribution < -0.4 is 5.32 Å². The lowest BCUT2D eigenvalue weighted by molar-refractivity contribution is 0.286. The fourth-order valence-corrected chi connectivity index (χ4v) is 2.74. The van der Waals surface area contributed by atoms with E-state index in [0.29, 0.717) is 6.04 Å². The van der Waals surface area contributed by atoms with Gasteiger partial charge in [0.2, 0.25) is 0 Å². The van der Waals surface area contributed by atoms with Gasteiger partial charge in [0.25, 0.3) is 0 Å². The summed E-state index contributed by atoms with van der Waals surface area (Å²) in [5, 5.41) is 3.59. The molecule has 1 N–H and O–H groups in total. The minimum atomic E-state index is 0.420. The van der Waals surface area contributed by atoms with Crippen LogP contribution in [0.5, 0.6) is 0 Å². The topological polar surface area (TPSA) is 12.0 Å². The number of rotatable bonds is 8. The molecule has 1 nitrogen and oxygen atoms in total. The molecule has 2 rings (SSSR count). The number of unbranched alkanes of at least 4 members (excludes halogenated alkanes) is 1. The molecule has 0 aliphatic heterocycles. The highest BCUT2D eigenvalue weighted by Gasteiger charge is 2.16. The number of nitrogens with one attached hydrogen (secondary N) is 1. The van der Waals surface area contributed by atoms with Gasteiger partial charge in [-0.25, -0.2) is 0 Å². The van der Waals surface area contributed by atoms with Crippen LogP contribution in [0.1, 0.15) is 51.9 Å². The molecule has 0 unspecified atom stereocenters. The molecule has 0 saturated heterocycles. The largest absolute Gasteiger partial charge is 0.379 e. The number of anilines is 1. The van der Waals surface area contributed by atoms with Crippen LogP contribution in [0, 0.1) is 5.92 Å². The highest BCUT2D eigenvalue weighted by molar-refractivity contribution is 5.45. The third-order valence-electron chi connectivity index (χ3n) is 4.29. The van der Waals surface area contributed by atoms with Gasteiger partial charge in [0, 0.05) is 11.7 Å². The second kappa shape index (κ2) is 7.37. The molecule has 1 aromatic rings. The lowest BCUT2D eigenvalue weighted by Crippen LogP contribution is -2.20. The average Bonchev–Trinajstić information content (AvgIpc) is 2.36. The SMILES string of the molecule is C=C(C)[C@H](CCCCC1CCC1)Nc1ccccc1. The summed E-state index contributed by atoms with van der Waals surface area (Å²) in [6, 6.07) is 10.9. The standard InChI is InChI=1S/C18H27N/c1-15(2)18(19-17-12-4-3-5-13-17)14-7-6-9-16-10-8-11-16/h3-5,12-13,16,18-19H,1,6-11,14H2,2H3/t18-/m0/s1. The summed E-state index contributed by atoms with van der Waals surface area (Å²) in [7, 11) is 0. The molecule has 1 heteroatoms. The molecular weight excluding hydrogens is 230 g/mol. The maximum atomic E-state index is 4.13. The van der Waals surface area contributed by atoms with E-state index in [2.05, 4.69) is 49.2 Å². The molecule has 0 heterocycles. The first kappa shape index (κ1) is 14.2. The average molecular weight is 257 g/mol. The Labute approximate surface area is 118 Å². The molecule has 104 valence electrons. The summed E-state index contributed by atoms with van der Waals surface area (Å²) in [4.78, 5) is 0. The minimum Gasteiger partial charge on any atom is -0.379 e. The summed E-state index contributed by atoms with van der Waals surface area (Å²) in [5.74, 6) is 1.05. The summed E-state index contributed by atoms with van der Waals surface area (Å²) < 4.78 is 0. The van der Waals surface area contributed by atoms with E-state index in [9.17, 15) is 0 Å². The normalized spacial score (nSPS) is 16.7. The van der Waals surface area contributed by atoms with Gasteiger partial charge in [-0.05, 0) is 31.4 Å². The molecule has 1 fully saturated rings. The van der Waals surface area contributed by atoms with Crippen LogP contribution in [-0.4, -0.2) is 6.04 Å². The van der Waals surface area contributed by atoms with Crippen LogP contribution in [-0.2, 0) is 0 Å². The van der Waals surface area contributed by atoms with E-state index in [1.807, 2.05) is 0 Å². The molecule has 0 radical (unpaired) electrons. The number of benzene rings is 1. The smallest absolute Gasteiger partial charge is 0.0468 e. The summed E-state index contributed by atoms with van der Waals surface area (Å²) in [5.41, 5.74) is 2.45. The second-order valence-electron chi connectivity index (χ2n) is 5.99. The van der Waals surface area contributed by atoms with Gasteiger partial charge in [-0.15, -0.1) is 0 Å². The Kier molecular flexibility index (Phi) is 5.50. The predicted molar refractivity (Wildman–Crippen MR) is 84.5 cm³/mol. The van der Waals surface area contributed by atoms with Crippen molar-refractivity contribution in [1.29, 1.82) is 0 Å². The van der Waals surface area contributed by atoms with Crippen molar-refractivity contribution in [2.24, 2.45) is 5.92 Å². The van der Waals surface area contributed by atoms with Crippen molar-refractivity contribution in [1.82, 2.24) is 0 Å². The van der Waals surface area contributed by atoms with Gasteiger partial charge >= 0.3 is 0 Å². The van der Waals surface area contributed by atoms with Crippen molar-refractivity contribution in [2.75, 3.05) is 5.32 Å². The van der Waals surface area contributed by atoms with Gasteiger partial charge < -0.3 is 5.32 Å². The molecule has 1 aliphatic carbocycles. The van der Waals surface area contributed by atoms with Gasteiger partial charge in [0.1, 0.15) is 0 Å². The molecule has 0 aromatic heterocycles. The van der Waals surface area contributed by atoms with Crippen molar-refractivity contribution in [3.8, 4) is 0 Å². The number of hydrogen-bond acceptors (Lipinski definition) is 1. The Balaban J connectivity index is 1.71. The summed E-state index contributed by atoms with van der Waals surface area (Å²) >= 11 is 0. The zero-order valence-corrected chi connectivity index (χ0v) is 12.2. The molecule has 19 heavy (non-hydrogen) atoms. The zero-order valence-electron chi connectivity index (χ0n) is 12.2. The van der Waals surface area contributed by atoms with E-state index >= 15 is 0 Å². The second-order valence-corrected chi connectivity index (χ2v) is 5.99. The van der Waals surface area contributed by atoms with Gasteiger partial charge in [-0.2, -0.15) is 0 Å². The highest BCUT2D eigenvalue weighted by atomic mass is 14.9. The van der Waals surface area contributed by atoms with Crippen LogP contribution in [0.3, 0.4) is 0 Å². The number of para-hydroxylation sites is 1. The maximum Gasteiger partial charge on any atom is 0.0468 e. The molecule has 0 amide bonds. The summed E-state index contributed by atoms with van der Waals surface area (Å²) in [6.07, 6.45) is 9.76. The number of hydrogen-bond donors (Lipinski definition) is 1. The van der Waals surface area contributed by atoms with Gasteiger partial charge in [-0.1, -0.05) is 68.9 Å². The molecule has 1 saturated carbocycles. The predicted octanol–water partition coefficient (Wildman–Crippen LogP) is 5.40. The fraction of sp³-hybridized carbons (Fsp3) is 0.556. The van der Waals surface area contributed by atoms with Crippen LogP contribution in [0.15, 0.2) is 42.5 Å². The first-order valence-corrected chi connectivity index (χ1v) is 7.72. The van der Waals surface area contributed by atoms with Crippen molar-refractivity contribution >= 4 is 5.69 Å². The van der Waals surface area contributed by atoms with Crippen molar-refractivity contribution in [3.05, 3.63) is 42.5 Å². The first-order valence-electron chi connectivity index (χ1n) is 7.72. The van der Waals surface area contributed by atoms with Crippen molar-refractivity contribution in [2.45, 2.75) is 57.9 Å². The van der Waals surface area contributed by atoms with E-state index in [0.717, 1.165) is 5.92 Å². The van der Waals surface area contributed by atoms with E-state index in [-0.39, 0.29) is 0 Å². The molecule has 0 spiro atoms. The molecule has 1 atom stereocenters. The summed E-state index contributed by atoms with van der Waals surface area (Å²) in [6.45, 7) is 6.26. The zero-order chi connectivity index (χ0) is 13.5. The first-order chi connectivity index (χ1) is 9.25. The van der Waals surface area contributed by atoms with Crippen LogP contribution >= 0.6 is 0 Å². The van der Waals surface area contributed by atoms with Crippen LogP contribution in [0.4, 0.5) is 5.69 Å². The van der Waals surface area contributed by atoms with E-state index in [1.165, 1.54) is 56.2 Å². The van der Waals surface area contributed by atoms with E-state index < -0.39 is 0 Å². The monoisotopic (exact) mass is 257 g/mol. The minimum absolute atomic E-state index is 0.420. The lowest BCUT2D eigenvalue weighted by atomic mass is 9.81. The molecule has 1 aromatic carbocycles. The Bertz CT molecular complexity index is 378. The molecular formula is C18H27N. The fourth-order valence-electron chi connectivity index (χ4n) is 2.74. The Morgan fingerprint density at radius 2 is 2.00 bits per heavy atom. The Morgan fingerprint density at radius 3 is 2.58 bits per heavy atom. The van der Waals surface area contributed by atoms with E-state index in [4.69, 9.17) is 0 Å². The maximum absolute atomic E-state index is 4.13. The van der Waals surface area contributed by atoms with Crippen molar-refractivity contribution < 1.29 is 0 Å². The third kappa shape index (κ3) is 4.74. The highest BCUT2D eigenvalue weighted by Crippen LogP contribution is 2.31.